The van der Waals surface area contributed by atoms with Crippen LogP contribution in [0.25, 0.3) is 0 Å². The van der Waals surface area contributed by atoms with Gasteiger partial charge in [-0.15, -0.1) is 0 Å². The van der Waals surface area contributed by atoms with Crippen molar-refractivity contribution in [1.82, 2.24) is 0 Å². The molecule has 0 nitrogen and oxygen atoms in total. The van der Waals surface area contributed by atoms with Gasteiger partial charge in [0.1, 0.15) is 15.9 Å². The van der Waals surface area contributed by atoms with E-state index in [1.165, 1.54) is 25.7 Å². The minimum Gasteiger partial charge on any atom is -0.171 e. The molecule has 3 aliphatic heterocycles. The SMILES string of the molecule is CCC([B-]12CC3CC(CC(C3)C1)C2)[P+](c1ccccc1)(c1ccccc1)c1ccccc1. The normalized spacial score (nSPS) is 29.7. The van der Waals surface area contributed by atoms with Gasteiger partial charge in [-0.1, -0.05) is 105 Å². The summed E-state index contributed by atoms with van der Waals surface area (Å²) in [6.07, 6.45) is 10.2. The molecular formula is C30H36BP. The van der Waals surface area contributed by atoms with Crippen molar-refractivity contribution in [3.8, 4) is 0 Å². The van der Waals surface area contributed by atoms with Crippen LogP contribution in [0, 0.1) is 17.8 Å². The number of hydrogen-bond acceptors (Lipinski definition) is 0. The minimum atomic E-state index is -1.78. The van der Waals surface area contributed by atoms with Crippen LogP contribution >= 0.6 is 7.26 Å². The Morgan fingerprint density at radius 1 is 0.625 bits per heavy atom. The predicted octanol–water partition coefficient (Wildman–Crippen LogP) is 6.81. The van der Waals surface area contributed by atoms with Gasteiger partial charge in [-0.3, -0.25) is 0 Å². The lowest BCUT2D eigenvalue weighted by molar-refractivity contribution is 0.186. The van der Waals surface area contributed by atoms with E-state index in [1.54, 1.807) is 34.9 Å². The first-order chi connectivity index (χ1) is 15.7. The summed E-state index contributed by atoms with van der Waals surface area (Å²) in [6.45, 7) is 2.52. The topological polar surface area (TPSA) is 0 Å². The Kier molecular flexibility index (Phi) is 5.30. The second-order valence-corrected chi connectivity index (χ2v) is 14.9. The van der Waals surface area contributed by atoms with Crippen molar-refractivity contribution in [2.24, 2.45) is 17.8 Å². The van der Waals surface area contributed by atoms with Crippen LogP contribution in [0.4, 0.5) is 0 Å². The van der Waals surface area contributed by atoms with Crippen molar-refractivity contribution in [3.05, 3.63) is 91.0 Å². The zero-order valence-corrected chi connectivity index (χ0v) is 20.3. The maximum Gasteiger partial charge on any atom is 0.101 e. The fourth-order valence-corrected chi connectivity index (χ4v) is 15.1. The molecule has 7 rings (SSSR count). The summed E-state index contributed by atoms with van der Waals surface area (Å²) in [5.41, 5.74) is 0.781. The van der Waals surface area contributed by atoms with Crippen LogP contribution in [0.5, 0.6) is 0 Å². The Morgan fingerprint density at radius 3 is 1.28 bits per heavy atom. The number of hydrogen-bond donors (Lipinski definition) is 0. The predicted molar refractivity (Wildman–Crippen MR) is 144 cm³/mol. The zero-order chi connectivity index (χ0) is 21.6. The summed E-state index contributed by atoms with van der Waals surface area (Å²) in [7, 11) is -1.78. The zero-order valence-electron chi connectivity index (χ0n) is 19.4. The molecule has 0 aromatic heterocycles. The van der Waals surface area contributed by atoms with Gasteiger partial charge in [0.2, 0.25) is 0 Å². The number of benzene rings is 3. The van der Waals surface area contributed by atoms with Gasteiger partial charge in [0, 0.05) is 6.15 Å². The van der Waals surface area contributed by atoms with Crippen molar-refractivity contribution >= 4 is 29.3 Å². The summed E-state index contributed by atoms with van der Waals surface area (Å²) in [5, 5.41) is 4.80. The molecule has 164 valence electrons. The van der Waals surface area contributed by atoms with Crippen molar-refractivity contribution in [1.29, 1.82) is 0 Å². The highest BCUT2D eigenvalue weighted by molar-refractivity contribution is 7.97. The van der Waals surface area contributed by atoms with Crippen molar-refractivity contribution < 1.29 is 0 Å². The maximum atomic E-state index is 2.52. The first kappa shape index (κ1) is 20.7. The minimum absolute atomic E-state index is 0.353. The van der Waals surface area contributed by atoms with Gasteiger partial charge >= 0.3 is 0 Å². The third-order valence-corrected chi connectivity index (χ3v) is 15.0. The summed E-state index contributed by atoms with van der Waals surface area (Å²) in [4.78, 5) is 0. The second-order valence-electron chi connectivity index (χ2n) is 11.3. The highest BCUT2D eigenvalue weighted by Crippen LogP contribution is 2.69. The lowest BCUT2D eigenvalue weighted by Gasteiger charge is -2.65. The van der Waals surface area contributed by atoms with Crippen molar-refractivity contribution in [2.45, 2.75) is 57.1 Å². The number of rotatable bonds is 6. The molecule has 1 saturated carbocycles. The largest absolute Gasteiger partial charge is 0.171 e. The quantitative estimate of drug-likeness (QED) is 0.293. The molecule has 0 spiro atoms. The Morgan fingerprint density at radius 2 is 0.969 bits per heavy atom. The molecule has 1 aliphatic carbocycles. The lowest BCUT2D eigenvalue weighted by atomic mass is 9.09. The van der Waals surface area contributed by atoms with E-state index in [0.29, 0.717) is 0 Å². The second kappa shape index (κ2) is 8.18. The van der Waals surface area contributed by atoms with Gasteiger partial charge in [0.25, 0.3) is 0 Å². The van der Waals surface area contributed by atoms with E-state index in [4.69, 9.17) is 0 Å². The van der Waals surface area contributed by atoms with Gasteiger partial charge < -0.3 is 0 Å². The third-order valence-electron chi connectivity index (χ3n) is 9.63. The van der Waals surface area contributed by atoms with E-state index >= 15 is 0 Å². The van der Waals surface area contributed by atoms with E-state index < -0.39 is 7.26 Å². The van der Waals surface area contributed by atoms with E-state index in [9.17, 15) is 0 Å². The molecule has 0 amide bonds. The molecule has 3 heterocycles. The lowest BCUT2D eigenvalue weighted by Crippen LogP contribution is -2.62. The molecule has 3 aromatic carbocycles. The van der Waals surface area contributed by atoms with Gasteiger partial charge in [0.15, 0.2) is 0 Å². The molecule has 0 N–H and O–H groups in total. The van der Waals surface area contributed by atoms with Crippen molar-refractivity contribution in [2.75, 3.05) is 0 Å². The molecule has 1 unspecified atom stereocenters. The van der Waals surface area contributed by atoms with Gasteiger partial charge in [-0.2, -0.15) is 19.0 Å². The van der Waals surface area contributed by atoms with Crippen LogP contribution in [0.15, 0.2) is 91.0 Å². The summed E-state index contributed by atoms with van der Waals surface area (Å²) in [5.74, 6) is 3.04. The fraction of sp³-hybridized carbons (Fsp3) is 0.400. The van der Waals surface area contributed by atoms with E-state index in [-0.39, 0.29) is 6.15 Å². The highest BCUT2D eigenvalue weighted by Gasteiger charge is 2.59. The summed E-state index contributed by atoms with van der Waals surface area (Å²) >= 11 is 0. The Bertz CT molecular complexity index is 914. The summed E-state index contributed by atoms with van der Waals surface area (Å²) in [6, 6.07) is 35.1. The smallest absolute Gasteiger partial charge is 0.101 e. The van der Waals surface area contributed by atoms with E-state index in [1.807, 2.05) is 0 Å². The van der Waals surface area contributed by atoms with Crippen LogP contribution < -0.4 is 15.9 Å². The molecule has 4 fully saturated rings. The van der Waals surface area contributed by atoms with Crippen LogP contribution in [-0.2, 0) is 0 Å². The molecule has 3 aromatic rings. The first-order valence-electron chi connectivity index (χ1n) is 13.0. The molecule has 1 atom stereocenters. The molecule has 4 bridgehead atoms. The van der Waals surface area contributed by atoms with Gasteiger partial charge in [-0.25, -0.2) is 0 Å². The van der Waals surface area contributed by atoms with E-state index in [2.05, 4.69) is 97.9 Å². The standard InChI is InChI=1S/C30H36BP/c1-2-30(31-21-24-18-25(22-31)20-26(19-24)23-31)32(27-12-6-3-7-13-27,28-14-8-4-9-15-28)29-16-10-5-11-17-29/h3-17,24-26,30H,2,18-23H2,1H3. The average molecular weight is 438 g/mol. The van der Waals surface area contributed by atoms with Gasteiger partial charge in [0.05, 0.1) is 7.26 Å². The molecule has 4 aliphatic rings. The Balaban J connectivity index is 1.63. The monoisotopic (exact) mass is 438 g/mol. The Hall–Kier alpha value is -1.85. The average Bonchev–Trinajstić information content (AvgIpc) is 2.83. The van der Waals surface area contributed by atoms with Crippen LogP contribution in [0.2, 0.25) is 19.0 Å². The molecule has 0 radical (unpaired) electrons. The van der Waals surface area contributed by atoms with Crippen LogP contribution in [0.3, 0.4) is 0 Å². The molecule has 3 saturated heterocycles. The van der Waals surface area contributed by atoms with Crippen LogP contribution in [0.1, 0.15) is 32.6 Å². The Labute approximate surface area is 195 Å². The van der Waals surface area contributed by atoms with E-state index in [0.717, 1.165) is 23.3 Å². The molecule has 32 heavy (non-hydrogen) atoms. The van der Waals surface area contributed by atoms with Crippen molar-refractivity contribution in [3.63, 3.8) is 0 Å². The molecule has 2 heteroatoms. The maximum absolute atomic E-state index is 2.52. The fourth-order valence-electron chi connectivity index (χ4n) is 9.29. The van der Waals surface area contributed by atoms with Gasteiger partial charge in [-0.05, 0) is 42.0 Å². The first-order valence-corrected chi connectivity index (χ1v) is 14.9. The highest BCUT2D eigenvalue weighted by atomic mass is 31.2. The molecular weight excluding hydrogens is 402 g/mol. The van der Waals surface area contributed by atoms with Crippen LogP contribution in [-0.4, -0.2) is 11.7 Å². The summed E-state index contributed by atoms with van der Waals surface area (Å²) < 4.78 is 0. The third kappa shape index (κ3) is 3.15.